The molecule has 0 aliphatic heterocycles. The minimum atomic E-state index is 0.700. The standard InChI is InChI=1S/C10H18N4/c1-14-12-8-10(13-14)7-11-9-5-3-2-4-6-9/h8-9,11H,2-7H2,1H3. The first-order valence-electron chi connectivity index (χ1n) is 5.43. The van der Waals surface area contributed by atoms with Crippen LogP contribution in [0.1, 0.15) is 37.8 Å². The van der Waals surface area contributed by atoms with Crippen molar-refractivity contribution in [3.8, 4) is 0 Å². The molecule has 0 bridgehead atoms. The fourth-order valence-corrected chi connectivity index (χ4v) is 2.02. The van der Waals surface area contributed by atoms with Gasteiger partial charge in [-0.3, -0.25) is 0 Å². The molecule has 0 saturated heterocycles. The summed E-state index contributed by atoms with van der Waals surface area (Å²) < 4.78 is 0. The van der Waals surface area contributed by atoms with Crippen molar-refractivity contribution in [2.75, 3.05) is 0 Å². The molecular formula is C10H18N4. The summed E-state index contributed by atoms with van der Waals surface area (Å²) in [6.07, 6.45) is 8.62. The quantitative estimate of drug-likeness (QED) is 0.787. The zero-order valence-electron chi connectivity index (χ0n) is 8.74. The van der Waals surface area contributed by atoms with E-state index in [0.717, 1.165) is 12.2 Å². The lowest BCUT2D eigenvalue weighted by molar-refractivity contribution is 0.370. The lowest BCUT2D eigenvalue weighted by Gasteiger charge is -2.22. The molecule has 0 radical (unpaired) electrons. The van der Waals surface area contributed by atoms with E-state index in [4.69, 9.17) is 0 Å². The van der Waals surface area contributed by atoms with Gasteiger partial charge in [0.05, 0.1) is 11.9 Å². The van der Waals surface area contributed by atoms with Gasteiger partial charge < -0.3 is 5.32 Å². The maximum absolute atomic E-state index is 4.24. The van der Waals surface area contributed by atoms with Crippen LogP contribution < -0.4 is 5.32 Å². The Kier molecular flexibility index (Phi) is 3.14. The van der Waals surface area contributed by atoms with Gasteiger partial charge in [-0.25, -0.2) is 0 Å². The summed E-state index contributed by atoms with van der Waals surface area (Å²) in [5.41, 5.74) is 1.04. The van der Waals surface area contributed by atoms with Crippen molar-refractivity contribution in [3.05, 3.63) is 11.9 Å². The summed E-state index contributed by atoms with van der Waals surface area (Å²) >= 11 is 0. The van der Waals surface area contributed by atoms with E-state index in [1.807, 2.05) is 13.2 Å². The molecule has 14 heavy (non-hydrogen) atoms. The Morgan fingerprint density at radius 1 is 1.43 bits per heavy atom. The number of hydrogen-bond donors (Lipinski definition) is 1. The second-order valence-electron chi connectivity index (χ2n) is 4.04. The monoisotopic (exact) mass is 194 g/mol. The van der Waals surface area contributed by atoms with Gasteiger partial charge in [-0.05, 0) is 12.8 Å². The first-order chi connectivity index (χ1) is 6.84. The van der Waals surface area contributed by atoms with Crippen LogP contribution in [-0.4, -0.2) is 21.0 Å². The molecule has 2 rings (SSSR count). The molecule has 0 aromatic carbocycles. The van der Waals surface area contributed by atoms with Gasteiger partial charge in [0.2, 0.25) is 0 Å². The maximum atomic E-state index is 4.24. The summed E-state index contributed by atoms with van der Waals surface area (Å²) in [6.45, 7) is 0.860. The highest BCUT2D eigenvalue weighted by atomic mass is 15.4. The predicted molar refractivity (Wildman–Crippen MR) is 54.7 cm³/mol. The van der Waals surface area contributed by atoms with Crippen molar-refractivity contribution in [2.45, 2.75) is 44.7 Å². The third kappa shape index (κ3) is 2.54. The van der Waals surface area contributed by atoms with Crippen molar-refractivity contribution < 1.29 is 0 Å². The van der Waals surface area contributed by atoms with Crippen LogP contribution in [-0.2, 0) is 13.6 Å². The van der Waals surface area contributed by atoms with Crippen LogP contribution in [0.15, 0.2) is 6.20 Å². The third-order valence-electron chi connectivity index (χ3n) is 2.82. The Morgan fingerprint density at radius 3 is 2.86 bits per heavy atom. The molecular weight excluding hydrogens is 176 g/mol. The highest BCUT2D eigenvalue weighted by Gasteiger charge is 2.12. The maximum Gasteiger partial charge on any atom is 0.0964 e. The molecule has 0 atom stereocenters. The first kappa shape index (κ1) is 9.65. The van der Waals surface area contributed by atoms with E-state index in [1.165, 1.54) is 32.1 Å². The first-order valence-corrected chi connectivity index (χ1v) is 5.43. The summed E-state index contributed by atoms with van der Waals surface area (Å²) in [4.78, 5) is 1.61. The molecule has 1 aliphatic rings. The molecule has 1 aromatic rings. The molecule has 1 N–H and O–H groups in total. The summed E-state index contributed by atoms with van der Waals surface area (Å²) in [5.74, 6) is 0. The normalized spacial score (nSPS) is 18.6. The third-order valence-corrected chi connectivity index (χ3v) is 2.82. The molecule has 1 saturated carbocycles. The van der Waals surface area contributed by atoms with E-state index in [-0.39, 0.29) is 0 Å². The molecule has 4 heteroatoms. The molecule has 0 unspecified atom stereocenters. The van der Waals surface area contributed by atoms with Gasteiger partial charge >= 0.3 is 0 Å². The van der Waals surface area contributed by atoms with Gasteiger partial charge in [0.1, 0.15) is 0 Å². The summed E-state index contributed by atoms with van der Waals surface area (Å²) in [5, 5.41) is 11.8. The fraction of sp³-hybridized carbons (Fsp3) is 0.800. The van der Waals surface area contributed by atoms with Crippen LogP contribution in [0.25, 0.3) is 0 Å². The van der Waals surface area contributed by atoms with Crippen molar-refractivity contribution in [1.29, 1.82) is 0 Å². The van der Waals surface area contributed by atoms with E-state index in [9.17, 15) is 0 Å². The Bertz CT molecular complexity index is 275. The highest BCUT2D eigenvalue weighted by molar-refractivity contribution is 4.91. The zero-order valence-corrected chi connectivity index (χ0v) is 8.74. The van der Waals surface area contributed by atoms with Gasteiger partial charge in [-0.1, -0.05) is 19.3 Å². The second kappa shape index (κ2) is 4.55. The Balaban J connectivity index is 1.76. The van der Waals surface area contributed by atoms with Crippen LogP contribution in [0, 0.1) is 0 Å². The van der Waals surface area contributed by atoms with Gasteiger partial charge in [0, 0.05) is 19.6 Å². The van der Waals surface area contributed by atoms with E-state index in [2.05, 4.69) is 15.5 Å². The van der Waals surface area contributed by atoms with Crippen molar-refractivity contribution in [3.63, 3.8) is 0 Å². The second-order valence-corrected chi connectivity index (χ2v) is 4.04. The minimum absolute atomic E-state index is 0.700. The SMILES string of the molecule is Cn1ncc(CNC2CCCCC2)n1. The molecule has 1 fully saturated rings. The number of aryl methyl sites for hydroxylation is 1. The van der Waals surface area contributed by atoms with Crippen LogP contribution in [0.2, 0.25) is 0 Å². The molecule has 4 nitrogen and oxygen atoms in total. The van der Waals surface area contributed by atoms with Crippen LogP contribution in [0.5, 0.6) is 0 Å². The number of hydrogen-bond acceptors (Lipinski definition) is 3. The largest absolute Gasteiger partial charge is 0.308 e. The Morgan fingerprint density at radius 2 is 2.21 bits per heavy atom. The molecule has 78 valence electrons. The zero-order chi connectivity index (χ0) is 9.80. The number of nitrogens with one attached hydrogen (secondary N) is 1. The van der Waals surface area contributed by atoms with Crippen LogP contribution >= 0.6 is 0 Å². The highest BCUT2D eigenvalue weighted by Crippen LogP contribution is 2.17. The van der Waals surface area contributed by atoms with Gasteiger partial charge in [0.15, 0.2) is 0 Å². The van der Waals surface area contributed by atoms with Gasteiger partial charge in [0.25, 0.3) is 0 Å². The average Bonchev–Trinajstić information content (AvgIpc) is 2.63. The molecule has 0 spiro atoms. The lowest BCUT2D eigenvalue weighted by atomic mass is 9.95. The average molecular weight is 194 g/mol. The lowest BCUT2D eigenvalue weighted by Crippen LogP contribution is -2.30. The van der Waals surface area contributed by atoms with Crippen molar-refractivity contribution in [1.82, 2.24) is 20.3 Å². The number of nitrogens with zero attached hydrogens (tertiary/aromatic N) is 3. The van der Waals surface area contributed by atoms with E-state index in [0.29, 0.717) is 6.04 Å². The van der Waals surface area contributed by atoms with Crippen LogP contribution in [0.3, 0.4) is 0 Å². The smallest absolute Gasteiger partial charge is 0.0964 e. The van der Waals surface area contributed by atoms with Gasteiger partial charge in [-0.2, -0.15) is 15.0 Å². The van der Waals surface area contributed by atoms with E-state index in [1.54, 1.807) is 4.80 Å². The molecule has 1 aliphatic carbocycles. The Labute approximate surface area is 84.7 Å². The molecule has 1 aromatic heterocycles. The Hall–Kier alpha value is -0.900. The summed E-state index contributed by atoms with van der Waals surface area (Å²) in [6, 6.07) is 0.700. The van der Waals surface area contributed by atoms with Crippen molar-refractivity contribution in [2.24, 2.45) is 7.05 Å². The topological polar surface area (TPSA) is 42.7 Å². The predicted octanol–water partition coefficient (Wildman–Crippen LogP) is 1.24. The number of aromatic nitrogens is 3. The van der Waals surface area contributed by atoms with Crippen LogP contribution in [0.4, 0.5) is 0 Å². The van der Waals surface area contributed by atoms with E-state index >= 15 is 0 Å². The summed E-state index contributed by atoms with van der Waals surface area (Å²) in [7, 11) is 1.85. The van der Waals surface area contributed by atoms with Gasteiger partial charge in [-0.15, -0.1) is 0 Å². The fourth-order valence-electron chi connectivity index (χ4n) is 2.02. The molecule has 1 heterocycles. The van der Waals surface area contributed by atoms with Crippen molar-refractivity contribution >= 4 is 0 Å². The molecule has 0 amide bonds. The van der Waals surface area contributed by atoms with E-state index < -0.39 is 0 Å². The number of rotatable bonds is 3. The minimum Gasteiger partial charge on any atom is -0.308 e.